The highest BCUT2D eigenvalue weighted by molar-refractivity contribution is 4.83. The molecule has 0 amide bonds. The normalized spacial score (nSPS) is 38.1. The molecule has 2 nitrogen and oxygen atoms in total. The zero-order chi connectivity index (χ0) is 9.14. The van der Waals surface area contributed by atoms with Gasteiger partial charge < -0.3 is 0 Å². The predicted octanol–water partition coefficient (Wildman–Crippen LogP) is 3.07. The first-order valence-electron chi connectivity index (χ1n) is 4.96. The highest BCUT2D eigenvalue weighted by Crippen LogP contribution is 2.40. The summed E-state index contributed by atoms with van der Waals surface area (Å²) in [5.41, 5.74) is 0. The second-order valence-corrected chi connectivity index (χ2v) is 4.37. The van der Waals surface area contributed by atoms with E-state index in [1.807, 2.05) is 0 Å². The van der Waals surface area contributed by atoms with E-state index in [0.717, 1.165) is 17.8 Å². The lowest BCUT2D eigenvalue weighted by atomic mass is 9.84. The van der Waals surface area contributed by atoms with Crippen LogP contribution >= 0.6 is 0 Å². The molecule has 0 heterocycles. The third kappa shape index (κ3) is 1.85. The summed E-state index contributed by atoms with van der Waals surface area (Å²) >= 11 is 0. The molecule has 1 aliphatic rings. The largest absolute Gasteiger partial charge is 0.151 e. The lowest BCUT2D eigenvalue weighted by Crippen LogP contribution is -2.18. The average Bonchev–Trinajstić information content (AvgIpc) is 2.34. The summed E-state index contributed by atoms with van der Waals surface area (Å²) in [6, 6.07) is 0. The van der Waals surface area contributed by atoms with Crippen molar-refractivity contribution in [3.63, 3.8) is 0 Å². The van der Waals surface area contributed by atoms with Crippen molar-refractivity contribution in [2.24, 2.45) is 28.8 Å². The summed E-state index contributed by atoms with van der Waals surface area (Å²) in [5, 5.41) is 2.99. The van der Waals surface area contributed by atoms with Crippen LogP contribution < -0.4 is 0 Å². The van der Waals surface area contributed by atoms with Crippen LogP contribution in [0.4, 0.5) is 0 Å². The first-order valence-corrected chi connectivity index (χ1v) is 4.96. The Labute approximate surface area is 74.7 Å². The molecule has 0 aromatic heterocycles. The molecule has 4 unspecified atom stereocenters. The van der Waals surface area contributed by atoms with Gasteiger partial charge in [0.1, 0.15) is 0 Å². The van der Waals surface area contributed by atoms with E-state index in [0.29, 0.717) is 12.5 Å². The molecule has 1 rings (SSSR count). The van der Waals surface area contributed by atoms with Crippen molar-refractivity contribution in [2.45, 2.75) is 33.6 Å². The molecule has 0 aromatic carbocycles. The minimum absolute atomic E-state index is 0.488. The lowest BCUT2D eigenvalue weighted by molar-refractivity contribution is 0.271. The van der Waals surface area contributed by atoms with Crippen LogP contribution in [-0.2, 0) is 0 Å². The van der Waals surface area contributed by atoms with Crippen LogP contribution in [0.5, 0.6) is 0 Å². The molecule has 12 heavy (non-hydrogen) atoms. The van der Waals surface area contributed by atoms with E-state index in [4.69, 9.17) is 0 Å². The maximum atomic E-state index is 10.1. The van der Waals surface area contributed by atoms with Gasteiger partial charge in [-0.15, -0.1) is 0 Å². The minimum Gasteiger partial charge on any atom is -0.151 e. The van der Waals surface area contributed by atoms with E-state index in [1.54, 1.807) is 0 Å². The van der Waals surface area contributed by atoms with Gasteiger partial charge in [-0.3, -0.25) is 0 Å². The van der Waals surface area contributed by atoms with E-state index >= 15 is 0 Å². The van der Waals surface area contributed by atoms with Crippen molar-refractivity contribution in [3.05, 3.63) is 4.91 Å². The fraction of sp³-hybridized carbons (Fsp3) is 1.00. The summed E-state index contributed by atoms with van der Waals surface area (Å²) in [7, 11) is 0. The molecule has 0 radical (unpaired) electrons. The quantitative estimate of drug-likeness (QED) is 0.597. The summed E-state index contributed by atoms with van der Waals surface area (Å²) in [6.07, 6.45) is 2.62. The Morgan fingerprint density at radius 1 is 1.42 bits per heavy atom. The predicted molar refractivity (Wildman–Crippen MR) is 50.9 cm³/mol. The van der Waals surface area contributed by atoms with Crippen molar-refractivity contribution in [1.29, 1.82) is 0 Å². The Morgan fingerprint density at radius 3 is 2.50 bits per heavy atom. The highest BCUT2D eigenvalue weighted by Gasteiger charge is 2.33. The van der Waals surface area contributed by atoms with Gasteiger partial charge in [0.2, 0.25) is 0 Å². The van der Waals surface area contributed by atoms with Crippen LogP contribution in [0, 0.1) is 28.6 Å². The fourth-order valence-corrected chi connectivity index (χ4v) is 2.46. The molecule has 1 saturated carbocycles. The van der Waals surface area contributed by atoms with Crippen molar-refractivity contribution in [1.82, 2.24) is 0 Å². The SMILES string of the molecule is CC1CCC(C(C)CN=O)C1C. The van der Waals surface area contributed by atoms with Crippen molar-refractivity contribution in [2.75, 3.05) is 6.54 Å². The molecule has 0 N–H and O–H groups in total. The second kappa shape index (κ2) is 4.01. The molecule has 0 saturated heterocycles. The molecular formula is C10H19NO. The van der Waals surface area contributed by atoms with E-state index in [9.17, 15) is 4.91 Å². The van der Waals surface area contributed by atoms with Gasteiger partial charge in [-0.2, -0.15) is 4.91 Å². The van der Waals surface area contributed by atoms with Gasteiger partial charge >= 0.3 is 0 Å². The number of hydrogen-bond acceptors (Lipinski definition) is 2. The van der Waals surface area contributed by atoms with Gasteiger partial charge in [0.15, 0.2) is 0 Å². The smallest absolute Gasteiger partial charge is 0.0839 e. The first kappa shape index (κ1) is 9.69. The van der Waals surface area contributed by atoms with Crippen LogP contribution in [0.25, 0.3) is 0 Å². The molecule has 2 heteroatoms. The average molecular weight is 169 g/mol. The number of nitrogens with zero attached hydrogens (tertiary/aromatic N) is 1. The Bertz CT molecular complexity index is 158. The number of hydrogen-bond donors (Lipinski definition) is 0. The Hall–Kier alpha value is -0.400. The second-order valence-electron chi connectivity index (χ2n) is 4.37. The molecule has 0 aromatic rings. The molecule has 70 valence electrons. The molecule has 0 bridgehead atoms. The topological polar surface area (TPSA) is 29.4 Å². The summed E-state index contributed by atoms with van der Waals surface area (Å²) in [5.74, 6) is 2.84. The Balaban J connectivity index is 2.46. The van der Waals surface area contributed by atoms with Gasteiger partial charge in [0.05, 0.1) is 6.54 Å². The third-order valence-corrected chi connectivity index (χ3v) is 3.62. The van der Waals surface area contributed by atoms with Gasteiger partial charge in [-0.1, -0.05) is 32.4 Å². The van der Waals surface area contributed by atoms with Crippen LogP contribution in [0.2, 0.25) is 0 Å². The van der Waals surface area contributed by atoms with Gasteiger partial charge in [-0.25, -0.2) is 0 Å². The van der Waals surface area contributed by atoms with Gasteiger partial charge in [-0.05, 0) is 30.1 Å². The molecule has 0 aliphatic heterocycles. The zero-order valence-electron chi connectivity index (χ0n) is 8.29. The standard InChI is InChI=1S/C10H19NO/c1-7-4-5-10(9(7)3)8(2)6-11-12/h7-10H,4-6H2,1-3H3. The van der Waals surface area contributed by atoms with E-state index in [1.165, 1.54) is 12.8 Å². The zero-order valence-corrected chi connectivity index (χ0v) is 8.29. The Morgan fingerprint density at radius 2 is 2.08 bits per heavy atom. The monoisotopic (exact) mass is 169 g/mol. The van der Waals surface area contributed by atoms with E-state index in [-0.39, 0.29) is 0 Å². The minimum atomic E-state index is 0.488. The highest BCUT2D eigenvalue weighted by atomic mass is 16.3. The van der Waals surface area contributed by atoms with Crippen molar-refractivity contribution < 1.29 is 0 Å². The van der Waals surface area contributed by atoms with Gasteiger partial charge in [0.25, 0.3) is 0 Å². The number of nitroso groups, excluding NO2 is 1. The Kier molecular flexibility index (Phi) is 3.24. The molecule has 1 aliphatic carbocycles. The number of rotatable bonds is 3. The molecule has 4 atom stereocenters. The summed E-state index contributed by atoms with van der Waals surface area (Å²) < 4.78 is 0. The maximum Gasteiger partial charge on any atom is 0.0839 e. The first-order chi connectivity index (χ1) is 5.66. The van der Waals surface area contributed by atoms with Crippen LogP contribution in [-0.4, -0.2) is 6.54 Å². The summed E-state index contributed by atoms with van der Waals surface area (Å²) in [6.45, 7) is 7.28. The fourth-order valence-electron chi connectivity index (χ4n) is 2.46. The molecule has 0 spiro atoms. The maximum absolute atomic E-state index is 10.1. The van der Waals surface area contributed by atoms with Crippen molar-refractivity contribution in [3.8, 4) is 0 Å². The third-order valence-electron chi connectivity index (χ3n) is 3.62. The van der Waals surface area contributed by atoms with Crippen molar-refractivity contribution >= 4 is 0 Å². The summed E-state index contributed by atoms with van der Waals surface area (Å²) in [4.78, 5) is 10.1. The van der Waals surface area contributed by atoms with Crippen LogP contribution in [0.1, 0.15) is 33.6 Å². The van der Waals surface area contributed by atoms with Crippen LogP contribution in [0.15, 0.2) is 5.18 Å². The van der Waals surface area contributed by atoms with E-state index in [2.05, 4.69) is 25.9 Å². The van der Waals surface area contributed by atoms with Crippen LogP contribution in [0.3, 0.4) is 0 Å². The molecule has 1 fully saturated rings. The van der Waals surface area contributed by atoms with Gasteiger partial charge in [0, 0.05) is 0 Å². The van der Waals surface area contributed by atoms with E-state index < -0.39 is 0 Å². The lowest BCUT2D eigenvalue weighted by Gasteiger charge is -2.22. The molecular weight excluding hydrogens is 150 g/mol.